The number of fused-ring (bicyclic) bond motifs is 1. The average molecular weight is 328 g/mol. The van der Waals surface area contributed by atoms with Gasteiger partial charge in [-0.15, -0.1) is 5.92 Å². The van der Waals surface area contributed by atoms with E-state index in [-0.39, 0.29) is 17.0 Å². The molecule has 2 aromatic rings. The van der Waals surface area contributed by atoms with Gasteiger partial charge in [0.05, 0.1) is 6.54 Å². The standard InChI is InChI=1S/C16H20N6O2/c1-3-4-10-22-11-13(18-14(12(17)23)20(2)15(11)24)19-16(22)21-8-6-5-7-9-21/h5-10H2,1-2H3,(H2,17,23). The number of imidazole rings is 1. The molecule has 8 heteroatoms. The molecule has 2 aromatic heterocycles. The van der Waals surface area contributed by atoms with Crippen LogP contribution in [0.5, 0.6) is 0 Å². The first-order valence-electron chi connectivity index (χ1n) is 7.96. The molecule has 24 heavy (non-hydrogen) atoms. The van der Waals surface area contributed by atoms with E-state index in [4.69, 9.17) is 5.73 Å². The Bertz CT molecular complexity index is 909. The molecule has 0 bridgehead atoms. The second-order valence-corrected chi connectivity index (χ2v) is 5.81. The third kappa shape index (κ3) is 2.62. The minimum absolute atomic E-state index is 0.0936. The number of piperidine rings is 1. The molecule has 0 saturated carbocycles. The molecule has 3 rings (SSSR count). The van der Waals surface area contributed by atoms with E-state index in [1.54, 1.807) is 11.5 Å². The van der Waals surface area contributed by atoms with Gasteiger partial charge in [-0.3, -0.25) is 18.7 Å². The number of rotatable bonds is 3. The van der Waals surface area contributed by atoms with Gasteiger partial charge in [0.15, 0.2) is 11.2 Å². The van der Waals surface area contributed by atoms with Crippen LogP contribution in [0.3, 0.4) is 0 Å². The molecule has 0 aliphatic carbocycles. The Labute approximate surface area is 139 Å². The van der Waals surface area contributed by atoms with Crippen LogP contribution in [-0.4, -0.2) is 38.1 Å². The van der Waals surface area contributed by atoms with E-state index in [9.17, 15) is 9.59 Å². The Morgan fingerprint density at radius 1 is 1.25 bits per heavy atom. The maximum absolute atomic E-state index is 12.7. The molecule has 0 aromatic carbocycles. The van der Waals surface area contributed by atoms with Gasteiger partial charge in [0, 0.05) is 20.1 Å². The Balaban J connectivity index is 2.26. The smallest absolute Gasteiger partial charge is 0.284 e. The normalized spacial score (nSPS) is 14.5. The van der Waals surface area contributed by atoms with Crippen molar-refractivity contribution in [3.05, 3.63) is 16.2 Å². The van der Waals surface area contributed by atoms with Crippen molar-refractivity contribution in [2.24, 2.45) is 12.8 Å². The van der Waals surface area contributed by atoms with E-state index < -0.39 is 5.91 Å². The van der Waals surface area contributed by atoms with Crippen LogP contribution in [-0.2, 0) is 13.6 Å². The number of nitrogens with two attached hydrogens (primary N) is 1. The second kappa shape index (κ2) is 6.35. The number of carbonyl (C=O) groups is 1. The Kier molecular flexibility index (Phi) is 4.25. The number of anilines is 1. The van der Waals surface area contributed by atoms with Gasteiger partial charge in [0.2, 0.25) is 11.8 Å². The molecular formula is C16H20N6O2. The topological polar surface area (TPSA) is 99.0 Å². The summed E-state index contributed by atoms with van der Waals surface area (Å²) in [5.74, 6) is 5.66. The van der Waals surface area contributed by atoms with E-state index >= 15 is 0 Å². The number of amides is 1. The first kappa shape index (κ1) is 16.1. The molecule has 0 unspecified atom stereocenters. The summed E-state index contributed by atoms with van der Waals surface area (Å²) in [6, 6.07) is 0. The van der Waals surface area contributed by atoms with Gasteiger partial charge in [0.1, 0.15) is 0 Å². The molecular weight excluding hydrogens is 308 g/mol. The van der Waals surface area contributed by atoms with Crippen molar-refractivity contribution >= 4 is 23.0 Å². The maximum Gasteiger partial charge on any atom is 0.284 e. The SMILES string of the molecule is CC#CCn1c(N2CCCCC2)nc2nc(C(N)=O)n(C)c(=O)c21. The van der Waals surface area contributed by atoms with Crippen LogP contribution in [0.15, 0.2) is 4.79 Å². The fraction of sp³-hybridized carbons (Fsp3) is 0.500. The number of nitrogens with zero attached hydrogens (tertiary/aromatic N) is 5. The zero-order valence-corrected chi connectivity index (χ0v) is 13.9. The predicted molar refractivity (Wildman–Crippen MR) is 90.8 cm³/mol. The van der Waals surface area contributed by atoms with Crippen molar-refractivity contribution < 1.29 is 4.79 Å². The minimum Gasteiger partial charge on any atom is -0.363 e. The quantitative estimate of drug-likeness (QED) is 0.814. The van der Waals surface area contributed by atoms with Crippen LogP contribution in [0.25, 0.3) is 11.2 Å². The molecule has 8 nitrogen and oxygen atoms in total. The lowest BCUT2D eigenvalue weighted by molar-refractivity contribution is 0.0986. The van der Waals surface area contributed by atoms with Crippen LogP contribution in [0.1, 0.15) is 36.8 Å². The summed E-state index contributed by atoms with van der Waals surface area (Å²) in [6.07, 6.45) is 3.36. The zero-order chi connectivity index (χ0) is 17.3. The highest BCUT2D eigenvalue weighted by Crippen LogP contribution is 2.22. The molecule has 2 N–H and O–H groups in total. The summed E-state index contributed by atoms with van der Waals surface area (Å²) in [5, 5.41) is 0. The predicted octanol–water partition coefficient (Wildman–Crippen LogP) is 0.243. The molecule has 1 aliphatic heterocycles. The van der Waals surface area contributed by atoms with Crippen molar-refractivity contribution in [1.82, 2.24) is 19.1 Å². The lowest BCUT2D eigenvalue weighted by Crippen LogP contribution is -2.32. The van der Waals surface area contributed by atoms with Gasteiger partial charge in [-0.2, -0.15) is 4.98 Å². The van der Waals surface area contributed by atoms with Crippen LogP contribution < -0.4 is 16.2 Å². The average Bonchev–Trinajstić information content (AvgIpc) is 2.95. The van der Waals surface area contributed by atoms with Crippen LogP contribution in [0, 0.1) is 11.8 Å². The third-order valence-electron chi connectivity index (χ3n) is 4.24. The summed E-state index contributed by atoms with van der Waals surface area (Å²) in [6.45, 7) is 3.87. The van der Waals surface area contributed by atoms with Crippen molar-refractivity contribution in [2.45, 2.75) is 32.7 Å². The van der Waals surface area contributed by atoms with Gasteiger partial charge in [0.25, 0.3) is 11.5 Å². The largest absolute Gasteiger partial charge is 0.363 e. The third-order valence-corrected chi connectivity index (χ3v) is 4.24. The molecule has 126 valence electrons. The van der Waals surface area contributed by atoms with E-state index in [0.29, 0.717) is 18.0 Å². The molecule has 1 aliphatic rings. The first-order chi connectivity index (χ1) is 11.5. The molecule has 1 amide bonds. The number of hydrogen-bond acceptors (Lipinski definition) is 5. The lowest BCUT2D eigenvalue weighted by Gasteiger charge is -2.27. The summed E-state index contributed by atoms with van der Waals surface area (Å²) in [7, 11) is 1.48. The van der Waals surface area contributed by atoms with Gasteiger partial charge in [-0.1, -0.05) is 5.92 Å². The molecule has 1 saturated heterocycles. The van der Waals surface area contributed by atoms with Gasteiger partial charge >= 0.3 is 0 Å². The lowest BCUT2D eigenvalue weighted by atomic mass is 10.1. The van der Waals surface area contributed by atoms with Crippen LogP contribution >= 0.6 is 0 Å². The van der Waals surface area contributed by atoms with Crippen LogP contribution in [0.2, 0.25) is 0 Å². The number of aromatic nitrogens is 4. The highest BCUT2D eigenvalue weighted by Gasteiger charge is 2.23. The molecule has 0 atom stereocenters. The fourth-order valence-corrected chi connectivity index (χ4v) is 3.01. The van der Waals surface area contributed by atoms with Crippen molar-refractivity contribution in [3.63, 3.8) is 0 Å². The van der Waals surface area contributed by atoms with E-state index in [0.717, 1.165) is 25.9 Å². The molecule has 3 heterocycles. The zero-order valence-electron chi connectivity index (χ0n) is 13.9. The number of carbonyl (C=O) groups excluding carboxylic acids is 1. The summed E-state index contributed by atoms with van der Waals surface area (Å²) in [5.41, 5.74) is 5.56. The molecule has 1 fully saturated rings. The van der Waals surface area contributed by atoms with Gasteiger partial charge < -0.3 is 10.6 Å². The van der Waals surface area contributed by atoms with Gasteiger partial charge in [-0.05, 0) is 26.2 Å². The first-order valence-corrected chi connectivity index (χ1v) is 7.96. The highest BCUT2D eigenvalue weighted by molar-refractivity contribution is 5.91. The van der Waals surface area contributed by atoms with E-state index in [1.807, 2.05) is 0 Å². The Hall–Kier alpha value is -2.82. The monoisotopic (exact) mass is 328 g/mol. The summed E-state index contributed by atoms with van der Waals surface area (Å²) >= 11 is 0. The molecule has 0 spiro atoms. The number of hydrogen-bond donors (Lipinski definition) is 1. The van der Waals surface area contributed by atoms with Crippen molar-refractivity contribution in [3.8, 4) is 11.8 Å². The minimum atomic E-state index is -0.751. The summed E-state index contributed by atoms with van der Waals surface area (Å²) < 4.78 is 2.96. The van der Waals surface area contributed by atoms with Crippen molar-refractivity contribution in [2.75, 3.05) is 18.0 Å². The van der Waals surface area contributed by atoms with E-state index in [2.05, 4.69) is 26.7 Å². The van der Waals surface area contributed by atoms with Crippen LogP contribution in [0.4, 0.5) is 5.95 Å². The maximum atomic E-state index is 12.7. The fourth-order valence-electron chi connectivity index (χ4n) is 3.01. The molecule has 0 radical (unpaired) electrons. The number of primary amides is 1. The summed E-state index contributed by atoms with van der Waals surface area (Å²) in [4.78, 5) is 35.1. The Morgan fingerprint density at radius 3 is 2.58 bits per heavy atom. The van der Waals surface area contributed by atoms with Crippen molar-refractivity contribution in [1.29, 1.82) is 0 Å². The highest BCUT2D eigenvalue weighted by atomic mass is 16.2. The van der Waals surface area contributed by atoms with Gasteiger partial charge in [-0.25, -0.2) is 4.98 Å². The second-order valence-electron chi connectivity index (χ2n) is 5.81. The van der Waals surface area contributed by atoms with E-state index in [1.165, 1.54) is 18.0 Å². The Morgan fingerprint density at radius 2 is 1.96 bits per heavy atom.